The van der Waals surface area contributed by atoms with Crippen molar-refractivity contribution >= 4 is 27.9 Å². The molecule has 1 rings (SSSR count). The Morgan fingerprint density at radius 3 is 2.06 bits per heavy atom. The minimum absolute atomic E-state index is 0.135. The number of alkyl halides is 1. The lowest BCUT2D eigenvalue weighted by atomic mass is 10.2. The van der Waals surface area contributed by atoms with Gasteiger partial charge in [0, 0.05) is 37.9 Å². The molecule has 1 heterocycles. The Labute approximate surface area is 117 Å². The molecule has 0 bridgehead atoms. The Morgan fingerprint density at radius 2 is 1.61 bits per heavy atom. The smallest absolute Gasteiger partial charge is 0.410 e. The molecule has 0 saturated carbocycles. The van der Waals surface area contributed by atoms with Crippen molar-refractivity contribution in [3.05, 3.63) is 0 Å². The minimum Gasteiger partial charge on any atom is -0.444 e. The van der Waals surface area contributed by atoms with Crippen LogP contribution in [0.15, 0.2) is 0 Å². The van der Waals surface area contributed by atoms with Gasteiger partial charge in [-0.05, 0) is 20.8 Å². The van der Waals surface area contributed by atoms with Crippen LogP contribution < -0.4 is 0 Å². The van der Waals surface area contributed by atoms with Gasteiger partial charge >= 0.3 is 6.09 Å². The van der Waals surface area contributed by atoms with Gasteiger partial charge in [-0.2, -0.15) is 0 Å². The normalized spacial score (nSPS) is 16.7. The van der Waals surface area contributed by atoms with Crippen LogP contribution in [0.4, 0.5) is 4.79 Å². The zero-order chi connectivity index (χ0) is 13.8. The van der Waals surface area contributed by atoms with E-state index in [2.05, 4.69) is 15.9 Å². The van der Waals surface area contributed by atoms with E-state index < -0.39 is 5.60 Å². The van der Waals surface area contributed by atoms with Gasteiger partial charge in [-0.3, -0.25) is 4.79 Å². The first kappa shape index (κ1) is 15.3. The third kappa shape index (κ3) is 4.84. The maximum Gasteiger partial charge on any atom is 0.410 e. The molecule has 1 aliphatic heterocycles. The van der Waals surface area contributed by atoms with Gasteiger partial charge in [0.25, 0.3) is 0 Å². The van der Waals surface area contributed by atoms with Crippen molar-refractivity contribution in [2.75, 3.05) is 31.5 Å². The van der Waals surface area contributed by atoms with Crippen LogP contribution in [0.3, 0.4) is 0 Å². The van der Waals surface area contributed by atoms with E-state index in [9.17, 15) is 9.59 Å². The summed E-state index contributed by atoms with van der Waals surface area (Å²) >= 11 is 3.25. The molecule has 18 heavy (non-hydrogen) atoms. The maximum atomic E-state index is 11.8. The zero-order valence-electron chi connectivity index (χ0n) is 11.2. The van der Waals surface area contributed by atoms with Crippen LogP contribution in [0.5, 0.6) is 0 Å². The number of piperazine rings is 1. The Balaban J connectivity index is 2.39. The van der Waals surface area contributed by atoms with Gasteiger partial charge in [-0.25, -0.2) is 4.79 Å². The first-order valence-corrected chi connectivity index (χ1v) is 7.27. The van der Waals surface area contributed by atoms with E-state index in [1.165, 1.54) is 0 Å². The predicted octanol–water partition coefficient (Wildman–Crippen LogP) is 1.85. The lowest BCUT2D eigenvalue weighted by Gasteiger charge is -2.35. The molecular formula is C12H21BrN2O3. The molecule has 1 aliphatic rings. The summed E-state index contributed by atoms with van der Waals surface area (Å²) in [5.41, 5.74) is -0.472. The van der Waals surface area contributed by atoms with E-state index in [4.69, 9.17) is 4.74 Å². The number of rotatable bonds is 2. The van der Waals surface area contributed by atoms with Crippen molar-refractivity contribution in [3.8, 4) is 0 Å². The Bertz CT molecular complexity index is 307. The average Bonchev–Trinajstić information content (AvgIpc) is 2.27. The molecule has 0 atom stereocenters. The topological polar surface area (TPSA) is 49.9 Å². The molecule has 2 amide bonds. The summed E-state index contributed by atoms with van der Waals surface area (Å²) in [6.07, 6.45) is 0.210. The number of nitrogens with zero attached hydrogens (tertiary/aromatic N) is 2. The molecular weight excluding hydrogens is 300 g/mol. The molecule has 0 aromatic rings. The summed E-state index contributed by atoms with van der Waals surface area (Å²) in [4.78, 5) is 26.9. The highest BCUT2D eigenvalue weighted by atomic mass is 79.9. The molecule has 0 radical (unpaired) electrons. The number of halogens is 1. The Morgan fingerprint density at radius 1 is 1.11 bits per heavy atom. The second kappa shape index (κ2) is 6.41. The lowest BCUT2D eigenvalue weighted by molar-refractivity contribution is -0.132. The van der Waals surface area contributed by atoms with E-state index in [-0.39, 0.29) is 12.0 Å². The van der Waals surface area contributed by atoms with E-state index in [0.717, 1.165) is 0 Å². The summed E-state index contributed by atoms with van der Waals surface area (Å²) in [7, 11) is 0. The molecule has 0 aromatic carbocycles. The van der Waals surface area contributed by atoms with E-state index in [1.807, 2.05) is 20.8 Å². The molecule has 1 fully saturated rings. The number of ether oxygens (including phenoxy) is 1. The first-order chi connectivity index (χ1) is 8.33. The SMILES string of the molecule is CC(C)(C)OC(=O)N1CCN(C(=O)CCBr)CC1. The molecule has 0 unspecified atom stereocenters. The minimum atomic E-state index is -0.472. The van der Waals surface area contributed by atoms with Crippen LogP contribution in [-0.2, 0) is 9.53 Å². The quantitative estimate of drug-likeness (QED) is 0.730. The molecule has 6 heteroatoms. The highest BCUT2D eigenvalue weighted by Crippen LogP contribution is 2.12. The number of carbonyl (C=O) groups excluding carboxylic acids is 2. The van der Waals surface area contributed by atoms with Crippen molar-refractivity contribution in [2.45, 2.75) is 32.8 Å². The fourth-order valence-corrected chi connectivity index (χ4v) is 2.04. The number of amides is 2. The van der Waals surface area contributed by atoms with Crippen LogP contribution in [0.25, 0.3) is 0 Å². The maximum absolute atomic E-state index is 11.8. The fraction of sp³-hybridized carbons (Fsp3) is 0.833. The number of hydrogen-bond donors (Lipinski definition) is 0. The van der Waals surface area contributed by atoms with Gasteiger partial charge in [0.1, 0.15) is 5.60 Å². The first-order valence-electron chi connectivity index (χ1n) is 6.15. The van der Waals surface area contributed by atoms with Gasteiger partial charge in [0.2, 0.25) is 5.91 Å². The fourth-order valence-electron chi connectivity index (χ4n) is 1.70. The van der Waals surface area contributed by atoms with Crippen LogP contribution in [0.2, 0.25) is 0 Å². The van der Waals surface area contributed by atoms with Crippen LogP contribution in [0, 0.1) is 0 Å². The highest BCUT2D eigenvalue weighted by molar-refractivity contribution is 9.09. The molecule has 0 spiro atoms. The molecule has 5 nitrogen and oxygen atoms in total. The van der Waals surface area contributed by atoms with Crippen LogP contribution in [-0.4, -0.2) is 58.9 Å². The third-order valence-corrected chi connectivity index (χ3v) is 2.99. The molecule has 0 N–H and O–H groups in total. The lowest BCUT2D eigenvalue weighted by Crippen LogP contribution is -2.51. The molecule has 0 aliphatic carbocycles. The van der Waals surface area contributed by atoms with Crippen molar-refractivity contribution in [3.63, 3.8) is 0 Å². The van der Waals surface area contributed by atoms with Crippen molar-refractivity contribution in [1.82, 2.24) is 9.80 Å². The third-order valence-electron chi connectivity index (χ3n) is 2.59. The largest absolute Gasteiger partial charge is 0.444 e. The average molecular weight is 321 g/mol. The van der Waals surface area contributed by atoms with Crippen LogP contribution in [0.1, 0.15) is 27.2 Å². The summed E-state index contributed by atoms with van der Waals surface area (Å²) in [5, 5.41) is 0.679. The second-order valence-corrected chi connectivity index (χ2v) is 6.08. The van der Waals surface area contributed by atoms with Gasteiger partial charge in [0.05, 0.1) is 0 Å². The van der Waals surface area contributed by atoms with E-state index >= 15 is 0 Å². The van der Waals surface area contributed by atoms with Gasteiger partial charge in [-0.1, -0.05) is 15.9 Å². The Hall–Kier alpha value is -0.780. The van der Waals surface area contributed by atoms with E-state index in [1.54, 1.807) is 9.80 Å². The standard InChI is InChI=1S/C12H21BrN2O3/c1-12(2,3)18-11(17)15-8-6-14(7-9-15)10(16)4-5-13/h4-9H2,1-3H3. The van der Waals surface area contributed by atoms with Gasteiger partial charge in [0.15, 0.2) is 0 Å². The van der Waals surface area contributed by atoms with Gasteiger partial charge < -0.3 is 14.5 Å². The van der Waals surface area contributed by atoms with E-state index in [0.29, 0.717) is 37.9 Å². The summed E-state index contributed by atoms with van der Waals surface area (Å²) in [5.74, 6) is 0.135. The summed E-state index contributed by atoms with van der Waals surface area (Å²) in [6.45, 7) is 7.81. The predicted molar refractivity (Wildman–Crippen MR) is 72.8 cm³/mol. The molecule has 104 valence electrons. The highest BCUT2D eigenvalue weighted by Gasteiger charge is 2.27. The van der Waals surface area contributed by atoms with Crippen molar-refractivity contribution in [1.29, 1.82) is 0 Å². The number of hydrogen-bond acceptors (Lipinski definition) is 3. The summed E-state index contributed by atoms with van der Waals surface area (Å²) in [6, 6.07) is 0. The van der Waals surface area contributed by atoms with Crippen molar-refractivity contribution < 1.29 is 14.3 Å². The molecule has 1 saturated heterocycles. The monoisotopic (exact) mass is 320 g/mol. The zero-order valence-corrected chi connectivity index (χ0v) is 12.8. The Kier molecular flexibility index (Phi) is 5.44. The summed E-state index contributed by atoms with van der Waals surface area (Å²) < 4.78 is 5.30. The number of carbonyl (C=O) groups is 2. The van der Waals surface area contributed by atoms with Crippen LogP contribution >= 0.6 is 15.9 Å². The van der Waals surface area contributed by atoms with Gasteiger partial charge in [-0.15, -0.1) is 0 Å². The second-order valence-electron chi connectivity index (χ2n) is 5.29. The van der Waals surface area contributed by atoms with Crippen molar-refractivity contribution in [2.24, 2.45) is 0 Å². The molecule has 0 aromatic heterocycles.